The number of aryl methyl sites for hydroxylation is 1. The van der Waals surface area contributed by atoms with Crippen molar-refractivity contribution in [3.8, 4) is 11.1 Å². The van der Waals surface area contributed by atoms with Gasteiger partial charge in [-0.05, 0) is 22.3 Å². The summed E-state index contributed by atoms with van der Waals surface area (Å²) in [5.74, 6) is -2.09. The lowest BCUT2D eigenvalue weighted by molar-refractivity contribution is -0.146. The molecule has 170 valence electrons. The number of carboxylic acids is 1. The summed E-state index contributed by atoms with van der Waals surface area (Å²) in [5, 5.41) is 26.8. The average Bonchev–Trinajstić information content (AvgIpc) is 3.33. The highest BCUT2D eigenvalue weighted by Gasteiger charge is 2.29. The van der Waals surface area contributed by atoms with Crippen LogP contribution in [0.1, 0.15) is 27.5 Å². The zero-order valence-electron chi connectivity index (χ0n) is 17.7. The maximum absolute atomic E-state index is 12.4. The van der Waals surface area contributed by atoms with Gasteiger partial charge in [0.05, 0.1) is 6.54 Å². The third-order valence-electron chi connectivity index (χ3n) is 5.43. The van der Waals surface area contributed by atoms with Crippen LogP contribution in [0.25, 0.3) is 11.1 Å². The second-order valence-corrected chi connectivity index (χ2v) is 7.55. The van der Waals surface area contributed by atoms with Crippen molar-refractivity contribution < 1.29 is 29.3 Å². The van der Waals surface area contributed by atoms with Gasteiger partial charge in [0.15, 0.2) is 11.9 Å². The second-order valence-electron chi connectivity index (χ2n) is 7.55. The summed E-state index contributed by atoms with van der Waals surface area (Å²) < 4.78 is 6.68. The smallest absolute Gasteiger partial charge is 0.412 e. The molecule has 4 N–H and O–H groups in total. The van der Waals surface area contributed by atoms with Gasteiger partial charge in [0.1, 0.15) is 12.3 Å². The monoisotopic (exact) mass is 450 g/mol. The number of anilines is 1. The predicted octanol–water partition coefficient (Wildman–Crippen LogP) is 1.96. The van der Waals surface area contributed by atoms with Crippen LogP contribution in [-0.4, -0.2) is 57.2 Å². The van der Waals surface area contributed by atoms with Gasteiger partial charge in [-0.25, -0.2) is 9.59 Å². The number of carbonyl (C=O) groups is 3. The number of fused-ring (bicyclic) bond motifs is 3. The average molecular weight is 450 g/mol. The Balaban J connectivity index is 1.38. The molecule has 2 aromatic carbocycles. The van der Waals surface area contributed by atoms with Crippen molar-refractivity contribution in [2.75, 3.05) is 18.5 Å². The van der Waals surface area contributed by atoms with Gasteiger partial charge in [-0.3, -0.25) is 14.8 Å². The van der Waals surface area contributed by atoms with Gasteiger partial charge in [-0.15, -0.1) is 0 Å². The number of nitrogens with one attached hydrogen (secondary N) is 2. The van der Waals surface area contributed by atoms with Gasteiger partial charge in [0.2, 0.25) is 0 Å². The van der Waals surface area contributed by atoms with Crippen LogP contribution < -0.4 is 10.6 Å². The van der Waals surface area contributed by atoms with E-state index < -0.39 is 30.6 Å². The van der Waals surface area contributed by atoms with E-state index >= 15 is 0 Å². The highest BCUT2D eigenvalue weighted by Crippen LogP contribution is 2.44. The molecule has 0 fully saturated rings. The van der Waals surface area contributed by atoms with E-state index in [0.717, 1.165) is 22.3 Å². The van der Waals surface area contributed by atoms with Gasteiger partial charge < -0.3 is 20.3 Å². The van der Waals surface area contributed by atoms with Gasteiger partial charge in [-0.1, -0.05) is 48.5 Å². The number of carboxylic acid groups (broad SMARTS) is 1. The number of amides is 2. The van der Waals surface area contributed by atoms with E-state index in [1.165, 1.54) is 17.8 Å². The summed E-state index contributed by atoms with van der Waals surface area (Å²) in [5.41, 5.74) is 4.49. The molecule has 0 saturated carbocycles. The summed E-state index contributed by atoms with van der Waals surface area (Å²) in [6.45, 7) is -0.332. The van der Waals surface area contributed by atoms with Crippen LogP contribution in [0.2, 0.25) is 0 Å². The van der Waals surface area contributed by atoms with E-state index in [2.05, 4.69) is 15.7 Å². The Hall–Kier alpha value is -4.18. The number of aliphatic hydroxyl groups is 1. The maximum Gasteiger partial charge on any atom is 0.412 e. The molecular weight excluding hydrogens is 428 g/mol. The molecule has 10 heteroatoms. The molecule has 0 aliphatic heterocycles. The molecule has 0 spiro atoms. The number of aromatic nitrogens is 2. The summed E-state index contributed by atoms with van der Waals surface area (Å²) in [6.07, 6.45) is -2.44. The van der Waals surface area contributed by atoms with Crippen LogP contribution in [0.15, 0.2) is 54.6 Å². The van der Waals surface area contributed by atoms with Gasteiger partial charge in [0, 0.05) is 19.0 Å². The maximum atomic E-state index is 12.4. The van der Waals surface area contributed by atoms with E-state index in [1.54, 1.807) is 0 Å². The molecule has 1 unspecified atom stereocenters. The fraction of sp³-hybridized carbons (Fsp3) is 0.217. The number of carbonyl (C=O) groups excluding carboxylic acids is 2. The van der Waals surface area contributed by atoms with E-state index in [9.17, 15) is 19.5 Å². The van der Waals surface area contributed by atoms with Crippen molar-refractivity contribution in [3.63, 3.8) is 0 Å². The highest BCUT2D eigenvalue weighted by atomic mass is 16.5. The van der Waals surface area contributed by atoms with Crippen molar-refractivity contribution in [1.82, 2.24) is 15.1 Å². The molecule has 33 heavy (non-hydrogen) atoms. The zero-order valence-corrected chi connectivity index (χ0v) is 17.7. The SMILES string of the molecule is Cn1nc(NC(=O)OCC2c3ccccc3-c3ccccc32)cc1C(=O)NCC(O)C(=O)O. The minimum Gasteiger partial charge on any atom is -0.479 e. The quantitative estimate of drug-likeness (QED) is 0.431. The standard InChI is InChI=1S/C23H22N4O6/c1-27-18(21(29)24-11-19(28)22(30)31)10-20(26-27)25-23(32)33-12-17-15-8-4-2-6-13(15)14-7-3-5-9-16(14)17/h2-10,17,19,28H,11-12H2,1H3,(H,24,29)(H,30,31)(H,25,26,32). The van der Waals surface area contributed by atoms with Crippen molar-refractivity contribution in [1.29, 1.82) is 0 Å². The van der Waals surface area contributed by atoms with Crippen LogP contribution in [0.5, 0.6) is 0 Å². The molecule has 4 rings (SSSR count). The topological polar surface area (TPSA) is 143 Å². The molecule has 1 aliphatic rings. The summed E-state index contributed by atoms with van der Waals surface area (Å²) in [4.78, 5) is 35.3. The minimum atomic E-state index is -1.72. The number of rotatable bonds is 7. The number of ether oxygens (including phenoxy) is 1. The normalized spacial score (nSPS) is 13.0. The lowest BCUT2D eigenvalue weighted by Gasteiger charge is -2.14. The van der Waals surface area contributed by atoms with Crippen molar-refractivity contribution >= 4 is 23.8 Å². The van der Waals surface area contributed by atoms with Crippen molar-refractivity contribution in [3.05, 3.63) is 71.4 Å². The summed E-state index contributed by atoms with van der Waals surface area (Å²) >= 11 is 0. The van der Waals surface area contributed by atoms with Gasteiger partial charge in [-0.2, -0.15) is 5.10 Å². The van der Waals surface area contributed by atoms with Crippen LogP contribution >= 0.6 is 0 Å². The first-order valence-electron chi connectivity index (χ1n) is 10.2. The molecule has 10 nitrogen and oxygen atoms in total. The Bertz CT molecular complexity index is 1180. The summed E-state index contributed by atoms with van der Waals surface area (Å²) in [7, 11) is 1.49. The number of hydrogen-bond acceptors (Lipinski definition) is 6. The van der Waals surface area contributed by atoms with E-state index in [1.807, 2.05) is 48.5 Å². The molecule has 0 saturated heterocycles. The Morgan fingerprint density at radius 2 is 1.70 bits per heavy atom. The van der Waals surface area contributed by atoms with Crippen molar-refractivity contribution in [2.45, 2.75) is 12.0 Å². The third-order valence-corrected chi connectivity index (χ3v) is 5.43. The summed E-state index contributed by atoms with van der Waals surface area (Å²) in [6, 6.07) is 17.3. The van der Waals surface area contributed by atoms with Crippen LogP contribution in [-0.2, 0) is 16.6 Å². The molecule has 1 aliphatic carbocycles. The predicted molar refractivity (Wildman–Crippen MR) is 118 cm³/mol. The van der Waals surface area contributed by atoms with E-state index in [0.29, 0.717) is 0 Å². The molecule has 0 bridgehead atoms. The fourth-order valence-corrected chi connectivity index (χ4v) is 3.85. The molecular formula is C23H22N4O6. The first-order valence-corrected chi connectivity index (χ1v) is 10.2. The van der Waals surface area contributed by atoms with Crippen LogP contribution in [0.4, 0.5) is 10.6 Å². The molecule has 1 atom stereocenters. The van der Waals surface area contributed by atoms with Crippen molar-refractivity contribution in [2.24, 2.45) is 7.05 Å². The number of aliphatic carboxylic acids is 1. The highest BCUT2D eigenvalue weighted by molar-refractivity contribution is 5.94. The lowest BCUT2D eigenvalue weighted by Crippen LogP contribution is -2.37. The third kappa shape index (κ3) is 4.55. The number of hydrogen-bond donors (Lipinski definition) is 4. The number of aliphatic hydroxyl groups excluding tert-OH is 1. The second kappa shape index (κ2) is 9.13. The van der Waals surface area contributed by atoms with Gasteiger partial charge in [0.25, 0.3) is 5.91 Å². The Morgan fingerprint density at radius 3 is 2.30 bits per heavy atom. The van der Waals surface area contributed by atoms with E-state index in [-0.39, 0.29) is 24.0 Å². The van der Waals surface area contributed by atoms with Crippen LogP contribution in [0, 0.1) is 0 Å². The zero-order chi connectivity index (χ0) is 23.5. The molecule has 1 heterocycles. The Morgan fingerprint density at radius 1 is 1.09 bits per heavy atom. The molecule has 3 aromatic rings. The first-order chi connectivity index (χ1) is 15.8. The molecule has 1 aromatic heterocycles. The number of benzene rings is 2. The fourth-order valence-electron chi connectivity index (χ4n) is 3.85. The van der Waals surface area contributed by atoms with E-state index in [4.69, 9.17) is 9.84 Å². The van der Waals surface area contributed by atoms with Gasteiger partial charge >= 0.3 is 12.1 Å². The lowest BCUT2D eigenvalue weighted by atomic mass is 9.98. The van der Waals surface area contributed by atoms with Crippen LogP contribution in [0.3, 0.4) is 0 Å². The Labute approximate surface area is 188 Å². The number of nitrogens with zero attached hydrogens (tertiary/aromatic N) is 2. The largest absolute Gasteiger partial charge is 0.479 e. The first kappa shape index (κ1) is 22.0. The Kier molecular flexibility index (Phi) is 6.09. The molecule has 2 amide bonds. The minimum absolute atomic E-state index is 0.0709. The molecule has 0 radical (unpaired) electrons.